The maximum atomic E-state index is 14.1. The normalized spacial score (nSPS) is 15.0. The highest BCUT2D eigenvalue weighted by Gasteiger charge is 2.23. The van der Waals surface area contributed by atoms with Crippen LogP contribution in [0.15, 0.2) is 23.5 Å². The van der Waals surface area contributed by atoms with E-state index < -0.39 is 21.5 Å². The number of hydrogen-bond acceptors (Lipinski definition) is 6. The first-order valence-corrected chi connectivity index (χ1v) is 9.46. The van der Waals surface area contributed by atoms with Crippen LogP contribution in [-0.4, -0.2) is 43.2 Å². The molecule has 0 fully saturated rings. The zero-order valence-corrected chi connectivity index (χ0v) is 14.6. The molecule has 0 unspecified atom stereocenters. The van der Waals surface area contributed by atoms with Crippen molar-refractivity contribution in [1.29, 1.82) is 0 Å². The van der Waals surface area contributed by atoms with Crippen molar-refractivity contribution in [1.82, 2.24) is 14.9 Å². The molecule has 0 aliphatic carbocycles. The summed E-state index contributed by atoms with van der Waals surface area (Å²) >= 11 is 0. The Hall–Kier alpha value is -2.13. The molecule has 2 aromatic rings. The first-order valence-electron chi connectivity index (χ1n) is 7.57. The molecule has 1 aliphatic rings. The van der Waals surface area contributed by atoms with E-state index in [1.54, 1.807) is 0 Å². The molecule has 0 saturated carbocycles. The van der Waals surface area contributed by atoms with Gasteiger partial charge in [0.05, 0.1) is 12.8 Å². The van der Waals surface area contributed by atoms with E-state index in [1.165, 1.54) is 13.3 Å². The van der Waals surface area contributed by atoms with Crippen LogP contribution in [0.2, 0.25) is 0 Å². The second kappa shape index (κ2) is 6.64. The third kappa shape index (κ3) is 3.77. The SMILES string of the molecule is COc1cc(F)c(CN2CCc3nc(S(C)(=O)=O)ncc3C2)c(F)c1. The molecule has 1 aliphatic heterocycles. The summed E-state index contributed by atoms with van der Waals surface area (Å²) in [5.41, 5.74) is 1.38. The van der Waals surface area contributed by atoms with E-state index in [2.05, 4.69) is 9.97 Å². The molecule has 0 saturated heterocycles. The Balaban J connectivity index is 1.80. The number of halogens is 2. The Kier molecular flexibility index (Phi) is 4.70. The fourth-order valence-electron chi connectivity index (χ4n) is 2.74. The largest absolute Gasteiger partial charge is 0.497 e. The van der Waals surface area contributed by atoms with Crippen LogP contribution in [-0.2, 0) is 29.3 Å². The van der Waals surface area contributed by atoms with Crippen LogP contribution in [0.1, 0.15) is 16.8 Å². The first kappa shape index (κ1) is 17.7. The molecule has 0 bridgehead atoms. The number of aromatic nitrogens is 2. The summed E-state index contributed by atoms with van der Waals surface area (Å²) in [4.78, 5) is 9.83. The maximum Gasteiger partial charge on any atom is 0.246 e. The second-order valence-electron chi connectivity index (χ2n) is 5.93. The van der Waals surface area contributed by atoms with Gasteiger partial charge in [-0.05, 0) is 0 Å². The second-order valence-corrected chi connectivity index (χ2v) is 7.84. The Bertz CT molecular complexity index is 896. The Morgan fingerprint density at radius 2 is 1.96 bits per heavy atom. The molecule has 0 amide bonds. The lowest BCUT2D eigenvalue weighted by Gasteiger charge is -2.28. The lowest BCUT2D eigenvalue weighted by atomic mass is 10.1. The van der Waals surface area contributed by atoms with Gasteiger partial charge in [-0.3, -0.25) is 4.90 Å². The van der Waals surface area contributed by atoms with E-state index in [4.69, 9.17) is 4.74 Å². The minimum absolute atomic E-state index is 0.0297. The van der Waals surface area contributed by atoms with E-state index in [9.17, 15) is 17.2 Å². The van der Waals surface area contributed by atoms with Crippen LogP contribution in [0.3, 0.4) is 0 Å². The smallest absolute Gasteiger partial charge is 0.246 e. The van der Waals surface area contributed by atoms with E-state index in [-0.39, 0.29) is 23.0 Å². The van der Waals surface area contributed by atoms with E-state index in [1.807, 2.05) is 4.90 Å². The fourth-order valence-corrected chi connectivity index (χ4v) is 3.26. The summed E-state index contributed by atoms with van der Waals surface area (Å²) in [7, 11) is -2.12. The van der Waals surface area contributed by atoms with Gasteiger partial charge in [-0.1, -0.05) is 0 Å². The van der Waals surface area contributed by atoms with Crippen molar-refractivity contribution >= 4 is 9.84 Å². The lowest BCUT2D eigenvalue weighted by Crippen LogP contribution is -2.32. The van der Waals surface area contributed by atoms with Crippen LogP contribution in [0.4, 0.5) is 8.78 Å². The van der Waals surface area contributed by atoms with Gasteiger partial charge in [0.25, 0.3) is 0 Å². The van der Waals surface area contributed by atoms with E-state index in [0.29, 0.717) is 25.2 Å². The predicted molar refractivity (Wildman–Crippen MR) is 85.9 cm³/mol. The Morgan fingerprint density at radius 1 is 1.28 bits per heavy atom. The first-order chi connectivity index (χ1) is 11.8. The molecule has 6 nitrogen and oxygen atoms in total. The summed E-state index contributed by atoms with van der Waals surface area (Å²) in [6.45, 7) is 0.997. The number of nitrogens with zero attached hydrogens (tertiary/aromatic N) is 3. The van der Waals surface area contributed by atoms with E-state index in [0.717, 1.165) is 24.0 Å². The highest BCUT2D eigenvalue weighted by Crippen LogP contribution is 2.24. The Morgan fingerprint density at radius 3 is 2.56 bits per heavy atom. The molecule has 0 radical (unpaired) electrons. The molecule has 1 aromatic carbocycles. The van der Waals surface area contributed by atoms with Crippen molar-refractivity contribution in [3.63, 3.8) is 0 Å². The van der Waals surface area contributed by atoms with Gasteiger partial charge >= 0.3 is 0 Å². The van der Waals surface area contributed by atoms with Gasteiger partial charge in [-0.15, -0.1) is 0 Å². The van der Waals surface area contributed by atoms with Gasteiger partial charge in [0.1, 0.15) is 17.4 Å². The van der Waals surface area contributed by atoms with Gasteiger partial charge in [0.2, 0.25) is 15.0 Å². The van der Waals surface area contributed by atoms with Crippen LogP contribution in [0.25, 0.3) is 0 Å². The van der Waals surface area contributed by atoms with Crippen molar-refractivity contribution in [2.24, 2.45) is 0 Å². The van der Waals surface area contributed by atoms with Crippen molar-refractivity contribution in [3.8, 4) is 5.75 Å². The minimum Gasteiger partial charge on any atom is -0.497 e. The van der Waals surface area contributed by atoms with Crippen LogP contribution in [0, 0.1) is 11.6 Å². The summed E-state index contributed by atoms with van der Waals surface area (Å²) in [5, 5.41) is -0.202. The molecule has 2 heterocycles. The summed E-state index contributed by atoms with van der Waals surface area (Å²) in [6.07, 6.45) is 3.00. The minimum atomic E-state index is -3.46. The van der Waals surface area contributed by atoms with Crippen LogP contribution >= 0.6 is 0 Å². The lowest BCUT2D eigenvalue weighted by molar-refractivity contribution is 0.234. The van der Waals surface area contributed by atoms with Crippen molar-refractivity contribution < 1.29 is 21.9 Å². The quantitative estimate of drug-likeness (QED) is 0.765. The highest BCUT2D eigenvalue weighted by molar-refractivity contribution is 7.90. The summed E-state index contributed by atoms with van der Waals surface area (Å²) in [5.74, 6) is -1.19. The van der Waals surface area contributed by atoms with Gasteiger partial charge in [0, 0.05) is 61.8 Å². The third-order valence-electron chi connectivity index (χ3n) is 4.05. The number of hydrogen-bond donors (Lipinski definition) is 0. The molecule has 0 N–H and O–H groups in total. The van der Waals surface area contributed by atoms with Gasteiger partial charge in [0.15, 0.2) is 0 Å². The average Bonchev–Trinajstić information content (AvgIpc) is 2.56. The number of rotatable bonds is 4. The molecular formula is C16H17F2N3O3S. The van der Waals surface area contributed by atoms with Crippen molar-refractivity contribution in [3.05, 3.63) is 46.8 Å². The van der Waals surface area contributed by atoms with Crippen molar-refractivity contribution in [2.45, 2.75) is 24.7 Å². The molecular weight excluding hydrogens is 352 g/mol. The van der Waals surface area contributed by atoms with Crippen LogP contribution in [0.5, 0.6) is 5.75 Å². The molecule has 1 aromatic heterocycles. The Labute approximate surface area is 144 Å². The number of ether oxygens (including phenoxy) is 1. The zero-order valence-electron chi connectivity index (χ0n) is 13.8. The standard InChI is InChI=1S/C16H17F2N3O3S/c1-24-11-5-13(17)12(14(18)6-11)9-21-4-3-15-10(8-21)7-19-16(20-15)25(2,22)23/h5-7H,3-4,8-9H2,1-2H3. The molecule has 0 spiro atoms. The highest BCUT2D eigenvalue weighted by atomic mass is 32.2. The molecule has 3 rings (SSSR count). The van der Waals surface area contributed by atoms with Crippen molar-refractivity contribution in [2.75, 3.05) is 19.9 Å². The molecule has 134 valence electrons. The molecule has 25 heavy (non-hydrogen) atoms. The van der Waals surface area contributed by atoms with Gasteiger partial charge in [-0.25, -0.2) is 27.2 Å². The summed E-state index contributed by atoms with van der Waals surface area (Å²) in [6, 6.07) is 2.30. The molecule has 9 heteroatoms. The van der Waals surface area contributed by atoms with Gasteiger partial charge < -0.3 is 4.74 Å². The topological polar surface area (TPSA) is 72.4 Å². The summed E-state index contributed by atoms with van der Waals surface area (Å²) < 4.78 is 56.1. The number of methoxy groups -OCH3 is 1. The number of benzene rings is 1. The average molecular weight is 369 g/mol. The maximum absolute atomic E-state index is 14.1. The van der Waals surface area contributed by atoms with Crippen LogP contribution < -0.4 is 4.74 Å². The van der Waals surface area contributed by atoms with Gasteiger partial charge in [-0.2, -0.15) is 0 Å². The number of sulfone groups is 1. The zero-order chi connectivity index (χ0) is 18.2. The fraction of sp³-hybridized carbons (Fsp3) is 0.375. The third-order valence-corrected chi connectivity index (χ3v) is 4.91. The predicted octanol–water partition coefficient (Wildman–Crippen LogP) is 1.73. The monoisotopic (exact) mass is 369 g/mol. The molecule has 0 atom stereocenters. The van der Waals surface area contributed by atoms with E-state index >= 15 is 0 Å². The number of fused-ring (bicyclic) bond motifs is 1.